The van der Waals surface area contributed by atoms with Gasteiger partial charge in [0.2, 0.25) is 10.0 Å². The van der Waals surface area contributed by atoms with Crippen LogP contribution in [0.25, 0.3) is 0 Å². The smallest absolute Gasteiger partial charge is 0.251 e. The van der Waals surface area contributed by atoms with E-state index in [1.54, 1.807) is 24.6 Å². The molecule has 3 N–H and O–H groups in total. The number of sulfonamides is 1. The molecule has 3 rings (SSSR count). The third-order valence-electron chi connectivity index (χ3n) is 4.68. The van der Waals surface area contributed by atoms with E-state index in [2.05, 4.69) is 20.2 Å². The Balaban J connectivity index is 1.68. The van der Waals surface area contributed by atoms with E-state index in [1.807, 2.05) is 30.3 Å². The Kier molecular flexibility index (Phi) is 6.80. The molecule has 0 aliphatic rings. The zero-order chi connectivity index (χ0) is 21.7. The lowest BCUT2D eigenvalue weighted by Gasteiger charge is -2.11. The first-order valence-corrected chi connectivity index (χ1v) is 11.2. The summed E-state index contributed by atoms with van der Waals surface area (Å²) in [5.74, 6) is 0.378. The van der Waals surface area contributed by atoms with E-state index in [-0.39, 0.29) is 17.3 Å². The maximum Gasteiger partial charge on any atom is 0.251 e. The van der Waals surface area contributed by atoms with E-state index in [9.17, 15) is 13.2 Å². The van der Waals surface area contributed by atoms with Gasteiger partial charge in [-0.05, 0) is 42.4 Å². The lowest BCUT2D eigenvalue weighted by molar-refractivity contribution is 0.0953. The number of hydrogen-bond acceptors (Lipinski definition) is 5. The SMILES string of the molecule is Cc1ccc(S(=O)(=O)NCc2ccccc2)cc1C(=O)NCCc1n[nH]c(=S)n1C. The largest absolute Gasteiger partial charge is 0.352 e. The topological polar surface area (TPSA) is 109 Å². The third kappa shape index (κ3) is 5.21. The van der Waals surface area contributed by atoms with Gasteiger partial charge in [0.25, 0.3) is 5.91 Å². The van der Waals surface area contributed by atoms with Crippen LogP contribution in [0.5, 0.6) is 0 Å². The fraction of sp³-hybridized carbons (Fsp3) is 0.250. The van der Waals surface area contributed by atoms with Crippen molar-refractivity contribution in [2.24, 2.45) is 7.05 Å². The summed E-state index contributed by atoms with van der Waals surface area (Å²) < 4.78 is 30.1. The van der Waals surface area contributed by atoms with Crippen LogP contribution in [-0.4, -0.2) is 35.6 Å². The summed E-state index contributed by atoms with van der Waals surface area (Å²) in [7, 11) is -1.96. The summed E-state index contributed by atoms with van der Waals surface area (Å²) in [6.45, 7) is 2.28. The minimum absolute atomic E-state index is 0.0450. The number of aryl methyl sites for hydroxylation is 1. The normalized spacial score (nSPS) is 11.4. The predicted octanol–water partition coefficient (Wildman–Crippen LogP) is 2.24. The summed E-state index contributed by atoms with van der Waals surface area (Å²) >= 11 is 5.07. The molecule has 0 radical (unpaired) electrons. The number of nitrogens with one attached hydrogen (secondary N) is 3. The van der Waals surface area contributed by atoms with Crippen molar-refractivity contribution in [2.45, 2.75) is 24.8 Å². The van der Waals surface area contributed by atoms with Gasteiger partial charge in [0.15, 0.2) is 4.77 Å². The molecule has 158 valence electrons. The fourth-order valence-corrected chi connectivity index (χ4v) is 4.05. The molecule has 0 unspecified atom stereocenters. The highest BCUT2D eigenvalue weighted by atomic mass is 32.2. The van der Waals surface area contributed by atoms with Crippen molar-refractivity contribution < 1.29 is 13.2 Å². The van der Waals surface area contributed by atoms with Crippen LogP contribution < -0.4 is 10.0 Å². The Morgan fingerprint density at radius 2 is 1.93 bits per heavy atom. The van der Waals surface area contributed by atoms with Crippen molar-refractivity contribution in [1.82, 2.24) is 24.8 Å². The lowest BCUT2D eigenvalue weighted by Crippen LogP contribution is -2.28. The van der Waals surface area contributed by atoms with Crippen LogP contribution in [0.3, 0.4) is 0 Å². The van der Waals surface area contributed by atoms with Crippen LogP contribution in [0.15, 0.2) is 53.4 Å². The Hall–Kier alpha value is -2.82. The molecule has 0 fully saturated rings. The Labute approximate surface area is 180 Å². The fourth-order valence-electron chi connectivity index (χ4n) is 2.86. The van der Waals surface area contributed by atoms with Gasteiger partial charge in [0.05, 0.1) is 4.90 Å². The van der Waals surface area contributed by atoms with E-state index in [0.29, 0.717) is 28.9 Å². The number of nitrogens with zero attached hydrogens (tertiary/aromatic N) is 2. The molecule has 30 heavy (non-hydrogen) atoms. The van der Waals surface area contributed by atoms with E-state index in [0.717, 1.165) is 11.4 Å². The number of carbonyl (C=O) groups is 1. The molecule has 2 aromatic carbocycles. The minimum atomic E-state index is -3.76. The highest BCUT2D eigenvalue weighted by Gasteiger charge is 2.18. The molecule has 0 atom stereocenters. The summed E-state index contributed by atoms with van der Waals surface area (Å²) in [4.78, 5) is 12.7. The highest BCUT2D eigenvalue weighted by molar-refractivity contribution is 7.89. The van der Waals surface area contributed by atoms with Gasteiger partial charge < -0.3 is 9.88 Å². The van der Waals surface area contributed by atoms with Crippen molar-refractivity contribution in [3.05, 3.63) is 75.8 Å². The van der Waals surface area contributed by atoms with Crippen LogP contribution in [0.1, 0.15) is 27.3 Å². The van der Waals surface area contributed by atoms with Gasteiger partial charge in [-0.1, -0.05) is 36.4 Å². The zero-order valence-electron chi connectivity index (χ0n) is 16.7. The second-order valence-electron chi connectivity index (χ2n) is 6.80. The van der Waals surface area contributed by atoms with E-state index >= 15 is 0 Å². The molecule has 3 aromatic rings. The molecule has 0 bridgehead atoms. The quantitative estimate of drug-likeness (QED) is 0.461. The Morgan fingerprint density at radius 3 is 2.60 bits per heavy atom. The first kappa shape index (κ1) is 21.9. The molecule has 8 nitrogen and oxygen atoms in total. The molecule has 0 spiro atoms. The first-order valence-electron chi connectivity index (χ1n) is 9.30. The first-order chi connectivity index (χ1) is 14.3. The number of rotatable bonds is 8. The monoisotopic (exact) mass is 445 g/mol. The average Bonchev–Trinajstić information content (AvgIpc) is 3.05. The minimum Gasteiger partial charge on any atom is -0.352 e. The lowest BCUT2D eigenvalue weighted by atomic mass is 10.1. The second-order valence-corrected chi connectivity index (χ2v) is 8.95. The van der Waals surface area contributed by atoms with Crippen molar-refractivity contribution >= 4 is 28.1 Å². The van der Waals surface area contributed by atoms with E-state index in [4.69, 9.17) is 12.2 Å². The van der Waals surface area contributed by atoms with Gasteiger partial charge in [0.1, 0.15) is 5.82 Å². The molecule has 0 aliphatic carbocycles. The van der Waals surface area contributed by atoms with E-state index in [1.165, 1.54) is 12.1 Å². The molecule has 1 heterocycles. The third-order valence-corrected chi connectivity index (χ3v) is 6.44. The van der Waals surface area contributed by atoms with Crippen LogP contribution in [0.2, 0.25) is 0 Å². The maximum absolute atomic E-state index is 12.7. The van der Waals surface area contributed by atoms with Gasteiger partial charge in [-0.3, -0.25) is 9.89 Å². The number of aromatic amines is 1. The number of amides is 1. The van der Waals surface area contributed by atoms with E-state index < -0.39 is 10.0 Å². The highest BCUT2D eigenvalue weighted by Crippen LogP contribution is 2.16. The van der Waals surface area contributed by atoms with Gasteiger partial charge in [-0.25, -0.2) is 13.1 Å². The zero-order valence-corrected chi connectivity index (χ0v) is 18.3. The number of carbonyl (C=O) groups excluding carboxylic acids is 1. The number of benzene rings is 2. The van der Waals surface area contributed by atoms with Crippen LogP contribution in [0.4, 0.5) is 0 Å². The van der Waals surface area contributed by atoms with Crippen molar-refractivity contribution in [1.29, 1.82) is 0 Å². The molecular formula is C20H23N5O3S2. The van der Waals surface area contributed by atoms with Crippen LogP contribution in [0, 0.1) is 11.7 Å². The molecule has 10 heteroatoms. The molecule has 1 aromatic heterocycles. The van der Waals surface area contributed by atoms with Crippen LogP contribution in [-0.2, 0) is 30.0 Å². The van der Waals surface area contributed by atoms with Crippen molar-refractivity contribution in [3.8, 4) is 0 Å². The van der Waals surface area contributed by atoms with Gasteiger partial charge in [-0.15, -0.1) is 0 Å². The summed E-state index contributed by atoms with van der Waals surface area (Å²) in [5.41, 5.74) is 1.85. The van der Waals surface area contributed by atoms with Crippen LogP contribution >= 0.6 is 12.2 Å². The predicted molar refractivity (Wildman–Crippen MR) is 116 cm³/mol. The van der Waals surface area contributed by atoms with Gasteiger partial charge in [0, 0.05) is 32.1 Å². The molecule has 1 amide bonds. The number of hydrogen-bond donors (Lipinski definition) is 3. The van der Waals surface area contributed by atoms with Crippen molar-refractivity contribution in [3.63, 3.8) is 0 Å². The summed E-state index contributed by atoms with van der Waals surface area (Å²) in [5, 5.41) is 9.60. The second kappa shape index (κ2) is 9.33. The number of aromatic nitrogens is 3. The molecule has 0 aliphatic heterocycles. The molecule has 0 saturated heterocycles. The molecule has 0 saturated carbocycles. The number of H-pyrrole nitrogens is 1. The Morgan fingerprint density at radius 1 is 1.20 bits per heavy atom. The maximum atomic E-state index is 12.7. The van der Waals surface area contributed by atoms with Crippen molar-refractivity contribution in [2.75, 3.05) is 6.54 Å². The summed E-state index contributed by atoms with van der Waals surface area (Å²) in [6, 6.07) is 13.7. The standard InChI is InChI=1S/C20H23N5O3S2/c1-14-8-9-16(30(27,28)22-13-15-6-4-3-5-7-15)12-17(14)19(26)21-11-10-18-23-24-20(29)25(18)2/h3-9,12,22H,10-11,13H2,1-2H3,(H,21,26)(H,24,29). The molecular weight excluding hydrogens is 422 g/mol. The average molecular weight is 446 g/mol. The van der Waals surface area contributed by atoms with Gasteiger partial charge >= 0.3 is 0 Å². The van der Waals surface area contributed by atoms with Gasteiger partial charge in [-0.2, -0.15) is 5.10 Å². The summed E-state index contributed by atoms with van der Waals surface area (Å²) in [6.07, 6.45) is 0.491. The Bertz CT molecular complexity index is 1200.